The van der Waals surface area contributed by atoms with Gasteiger partial charge in [-0.05, 0) is 19.9 Å². The second-order valence-corrected chi connectivity index (χ2v) is 5.56. The van der Waals surface area contributed by atoms with Gasteiger partial charge in [0.25, 0.3) is 0 Å². The third kappa shape index (κ3) is 6.98. The quantitative estimate of drug-likeness (QED) is 0.608. The molecule has 0 rings (SSSR count). The third-order valence-electron chi connectivity index (χ3n) is 1.87. The van der Waals surface area contributed by atoms with Gasteiger partial charge in [0, 0.05) is 12.3 Å². The van der Waals surface area contributed by atoms with Crippen LogP contribution in [0.5, 0.6) is 0 Å². The molecular formula is C8H19NO3S. The zero-order chi connectivity index (χ0) is 10.3. The lowest BCUT2D eigenvalue weighted by atomic mass is 10.2. The fraction of sp³-hybridized carbons (Fsp3) is 1.00. The van der Waals surface area contributed by atoms with Crippen LogP contribution in [0.15, 0.2) is 0 Å². The van der Waals surface area contributed by atoms with Crippen LogP contribution in [0.2, 0.25) is 0 Å². The summed E-state index contributed by atoms with van der Waals surface area (Å²) < 4.78 is 22.1. The van der Waals surface area contributed by atoms with Gasteiger partial charge < -0.3 is 10.4 Å². The van der Waals surface area contributed by atoms with Crippen LogP contribution < -0.4 is 5.32 Å². The van der Waals surface area contributed by atoms with Gasteiger partial charge in [-0.1, -0.05) is 6.92 Å². The number of hydrogen-bond acceptors (Lipinski definition) is 4. The molecule has 1 atom stereocenters. The normalized spacial score (nSPS) is 14.4. The van der Waals surface area contributed by atoms with E-state index in [9.17, 15) is 13.5 Å². The van der Waals surface area contributed by atoms with Crippen molar-refractivity contribution in [2.45, 2.75) is 25.9 Å². The first-order chi connectivity index (χ1) is 6.02. The molecule has 0 radical (unpaired) electrons. The van der Waals surface area contributed by atoms with Crippen molar-refractivity contribution in [3.05, 3.63) is 0 Å². The minimum atomic E-state index is -2.86. The molecule has 0 aliphatic heterocycles. The standard InChI is InChI=1S/C8H19NO3S/c1-3-13(11,12)6-4-5-8(10)7-9-2/h8-10H,3-7H2,1-2H3. The zero-order valence-electron chi connectivity index (χ0n) is 8.28. The summed E-state index contributed by atoms with van der Waals surface area (Å²) >= 11 is 0. The van der Waals surface area contributed by atoms with E-state index in [2.05, 4.69) is 5.32 Å². The highest BCUT2D eigenvalue weighted by atomic mass is 32.2. The van der Waals surface area contributed by atoms with E-state index < -0.39 is 15.9 Å². The monoisotopic (exact) mass is 209 g/mol. The molecule has 5 heteroatoms. The molecule has 80 valence electrons. The van der Waals surface area contributed by atoms with Crippen molar-refractivity contribution >= 4 is 9.84 Å². The minimum absolute atomic E-state index is 0.185. The van der Waals surface area contributed by atoms with Gasteiger partial charge in [-0.3, -0.25) is 0 Å². The summed E-state index contributed by atoms with van der Waals surface area (Å²) in [5, 5.41) is 12.1. The Labute approximate surface area is 80.3 Å². The molecule has 13 heavy (non-hydrogen) atoms. The van der Waals surface area contributed by atoms with E-state index in [1.807, 2.05) is 0 Å². The molecule has 4 nitrogen and oxygen atoms in total. The van der Waals surface area contributed by atoms with E-state index in [1.165, 1.54) is 0 Å². The Balaban J connectivity index is 3.56. The number of rotatable bonds is 7. The molecule has 0 fully saturated rings. The van der Waals surface area contributed by atoms with Crippen molar-refractivity contribution < 1.29 is 13.5 Å². The summed E-state index contributed by atoms with van der Waals surface area (Å²) in [6.07, 6.45) is 0.649. The van der Waals surface area contributed by atoms with Crippen molar-refractivity contribution in [2.75, 3.05) is 25.1 Å². The maximum absolute atomic E-state index is 11.0. The number of hydrogen-bond donors (Lipinski definition) is 2. The lowest BCUT2D eigenvalue weighted by Crippen LogP contribution is -2.24. The van der Waals surface area contributed by atoms with Crippen molar-refractivity contribution in [3.63, 3.8) is 0 Å². The van der Waals surface area contributed by atoms with Crippen LogP contribution in [0.1, 0.15) is 19.8 Å². The highest BCUT2D eigenvalue weighted by molar-refractivity contribution is 7.91. The summed E-state index contributed by atoms with van der Waals surface area (Å²) in [7, 11) is -1.11. The highest BCUT2D eigenvalue weighted by Gasteiger charge is 2.09. The van der Waals surface area contributed by atoms with Crippen molar-refractivity contribution in [1.82, 2.24) is 5.32 Å². The first kappa shape index (κ1) is 12.9. The third-order valence-corrected chi connectivity index (χ3v) is 3.66. The number of aliphatic hydroxyl groups is 1. The average Bonchev–Trinajstić information content (AvgIpc) is 2.05. The molecule has 0 amide bonds. The maximum Gasteiger partial charge on any atom is 0.150 e. The fourth-order valence-electron chi connectivity index (χ4n) is 1.02. The topological polar surface area (TPSA) is 66.4 Å². The molecule has 0 saturated carbocycles. The Kier molecular flexibility index (Phi) is 6.28. The molecule has 0 aromatic heterocycles. The number of nitrogens with one attached hydrogen (secondary N) is 1. The molecule has 0 aliphatic carbocycles. The second-order valence-electron chi connectivity index (χ2n) is 3.09. The van der Waals surface area contributed by atoms with Gasteiger partial charge >= 0.3 is 0 Å². The van der Waals surface area contributed by atoms with Crippen LogP contribution in [0.3, 0.4) is 0 Å². The summed E-state index contributed by atoms with van der Waals surface area (Å²) in [5.74, 6) is 0.374. The van der Waals surface area contributed by atoms with E-state index in [0.29, 0.717) is 19.4 Å². The van der Waals surface area contributed by atoms with Crippen LogP contribution in [-0.2, 0) is 9.84 Å². The first-order valence-corrected chi connectivity index (χ1v) is 6.37. The largest absolute Gasteiger partial charge is 0.392 e. The molecule has 0 saturated heterocycles. The Hall–Kier alpha value is -0.130. The average molecular weight is 209 g/mol. The van der Waals surface area contributed by atoms with E-state index in [0.717, 1.165) is 0 Å². The highest BCUT2D eigenvalue weighted by Crippen LogP contribution is 2.00. The van der Waals surface area contributed by atoms with Gasteiger partial charge in [0.15, 0.2) is 0 Å². The van der Waals surface area contributed by atoms with Crippen molar-refractivity contribution in [1.29, 1.82) is 0 Å². The zero-order valence-corrected chi connectivity index (χ0v) is 9.10. The SMILES string of the molecule is CCS(=O)(=O)CCCC(O)CNC. The smallest absolute Gasteiger partial charge is 0.150 e. The molecule has 0 aliphatic rings. The predicted octanol–water partition coefficient (Wildman–Crippen LogP) is -0.218. The molecule has 1 unspecified atom stereocenters. The number of likely N-dealkylation sites (N-methyl/N-ethyl adjacent to an activating group) is 1. The van der Waals surface area contributed by atoms with E-state index >= 15 is 0 Å². The second kappa shape index (κ2) is 6.34. The summed E-state index contributed by atoms with van der Waals surface area (Å²) in [5.41, 5.74) is 0. The first-order valence-electron chi connectivity index (χ1n) is 4.55. The maximum atomic E-state index is 11.0. The van der Waals surface area contributed by atoms with Gasteiger partial charge in [-0.25, -0.2) is 8.42 Å². The summed E-state index contributed by atoms with van der Waals surface area (Å²) in [6.45, 7) is 2.16. The Morgan fingerprint density at radius 2 is 2.08 bits per heavy atom. The Bertz CT molecular complexity index is 213. The number of sulfone groups is 1. The van der Waals surface area contributed by atoms with Gasteiger partial charge in [0.05, 0.1) is 11.9 Å². The molecule has 0 aromatic carbocycles. The Morgan fingerprint density at radius 3 is 2.54 bits per heavy atom. The lowest BCUT2D eigenvalue weighted by molar-refractivity contribution is 0.164. The van der Waals surface area contributed by atoms with Crippen LogP contribution in [0.4, 0.5) is 0 Å². The molecule has 2 N–H and O–H groups in total. The van der Waals surface area contributed by atoms with Crippen molar-refractivity contribution in [2.24, 2.45) is 0 Å². The van der Waals surface area contributed by atoms with E-state index in [1.54, 1.807) is 14.0 Å². The van der Waals surface area contributed by atoms with E-state index in [-0.39, 0.29) is 11.5 Å². The minimum Gasteiger partial charge on any atom is -0.392 e. The summed E-state index contributed by atoms with van der Waals surface area (Å²) in [6, 6.07) is 0. The molecule has 0 heterocycles. The molecule has 0 bridgehead atoms. The van der Waals surface area contributed by atoms with Gasteiger partial charge in [0.1, 0.15) is 9.84 Å². The predicted molar refractivity (Wildman–Crippen MR) is 53.5 cm³/mol. The van der Waals surface area contributed by atoms with Crippen LogP contribution in [0.25, 0.3) is 0 Å². The van der Waals surface area contributed by atoms with Crippen LogP contribution >= 0.6 is 0 Å². The van der Waals surface area contributed by atoms with Crippen LogP contribution in [-0.4, -0.2) is 44.7 Å². The van der Waals surface area contributed by atoms with Gasteiger partial charge in [0.2, 0.25) is 0 Å². The fourth-order valence-corrected chi connectivity index (χ4v) is 1.92. The molecular weight excluding hydrogens is 190 g/mol. The summed E-state index contributed by atoms with van der Waals surface area (Å²) in [4.78, 5) is 0. The number of aliphatic hydroxyl groups excluding tert-OH is 1. The lowest BCUT2D eigenvalue weighted by Gasteiger charge is -2.08. The molecule has 0 spiro atoms. The van der Waals surface area contributed by atoms with Crippen LogP contribution in [0, 0.1) is 0 Å². The molecule has 0 aromatic rings. The van der Waals surface area contributed by atoms with Crippen molar-refractivity contribution in [3.8, 4) is 0 Å². The van der Waals surface area contributed by atoms with Gasteiger partial charge in [-0.2, -0.15) is 0 Å². The van der Waals surface area contributed by atoms with E-state index in [4.69, 9.17) is 0 Å². The van der Waals surface area contributed by atoms with Gasteiger partial charge in [-0.15, -0.1) is 0 Å². The Morgan fingerprint density at radius 1 is 1.46 bits per heavy atom.